The van der Waals surface area contributed by atoms with Crippen LogP contribution < -0.4 is 5.32 Å². The van der Waals surface area contributed by atoms with E-state index in [1.54, 1.807) is 24.3 Å². The summed E-state index contributed by atoms with van der Waals surface area (Å²) in [7, 11) is 0. The highest BCUT2D eigenvalue weighted by molar-refractivity contribution is 6.04. The van der Waals surface area contributed by atoms with Crippen LogP contribution in [0.2, 0.25) is 0 Å². The number of carbonyl (C=O) groups excluding carboxylic acids is 1. The van der Waals surface area contributed by atoms with Gasteiger partial charge >= 0.3 is 0 Å². The standard InChI is InChI=1S/C26H23FN4O2/c1-17-25(20-12-13-33-16-20)30-24-11-10-23(15-31(17)24)29-26(32)19-5-2-18(3-6-19)4-8-22-9-7-21(27)14-28-22/h2-11,14-15,20H,12-13,16H2,1H3,(H,29,32). The van der Waals surface area contributed by atoms with Crippen molar-refractivity contribution in [3.63, 3.8) is 0 Å². The highest BCUT2D eigenvalue weighted by Gasteiger charge is 2.23. The Morgan fingerprint density at radius 2 is 2.00 bits per heavy atom. The quantitative estimate of drug-likeness (QED) is 0.467. The van der Waals surface area contributed by atoms with Gasteiger partial charge in [-0.25, -0.2) is 9.37 Å². The van der Waals surface area contributed by atoms with Gasteiger partial charge in [0, 0.05) is 30.0 Å². The summed E-state index contributed by atoms with van der Waals surface area (Å²) in [6.45, 7) is 3.53. The zero-order valence-corrected chi connectivity index (χ0v) is 18.2. The Kier molecular flexibility index (Phi) is 5.71. The van der Waals surface area contributed by atoms with E-state index in [0.29, 0.717) is 29.5 Å². The predicted molar refractivity (Wildman–Crippen MR) is 126 cm³/mol. The third-order valence-electron chi connectivity index (χ3n) is 5.84. The summed E-state index contributed by atoms with van der Waals surface area (Å²) >= 11 is 0. The second-order valence-corrected chi connectivity index (χ2v) is 8.10. The van der Waals surface area contributed by atoms with Crippen LogP contribution in [0, 0.1) is 12.7 Å². The van der Waals surface area contributed by atoms with Crippen molar-refractivity contribution < 1.29 is 13.9 Å². The van der Waals surface area contributed by atoms with E-state index >= 15 is 0 Å². The molecule has 0 saturated carbocycles. The molecule has 0 spiro atoms. The fraction of sp³-hybridized carbons (Fsp3) is 0.192. The largest absolute Gasteiger partial charge is 0.381 e. The minimum absolute atomic E-state index is 0.188. The molecule has 0 radical (unpaired) electrons. The average Bonchev–Trinajstić information content (AvgIpc) is 3.47. The number of aromatic nitrogens is 3. The summed E-state index contributed by atoms with van der Waals surface area (Å²) in [5.74, 6) is -0.227. The molecule has 33 heavy (non-hydrogen) atoms. The second-order valence-electron chi connectivity index (χ2n) is 8.10. The van der Waals surface area contributed by atoms with E-state index in [2.05, 4.69) is 10.3 Å². The van der Waals surface area contributed by atoms with E-state index in [4.69, 9.17) is 9.72 Å². The summed E-state index contributed by atoms with van der Waals surface area (Å²) in [6.07, 6.45) is 7.73. The van der Waals surface area contributed by atoms with Crippen LogP contribution in [0.15, 0.2) is 60.9 Å². The third-order valence-corrected chi connectivity index (χ3v) is 5.84. The molecule has 7 heteroatoms. The Hall–Kier alpha value is -3.84. The first-order chi connectivity index (χ1) is 16.1. The molecule has 6 nitrogen and oxygen atoms in total. The van der Waals surface area contributed by atoms with Gasteiger partial charge < -0.3 is 14.5 Å². The van der Waals surface area contributed by atoms with Gasteiger partial charge in [0.15, 0.2) is 0 Å². The SMILES string of the molecule is Cc1c(C2CCOC2)nc2ccc(NC(=O)c3ccc(C=Cc4ccc(F)cn4)cc3)cn12. The highest BCUT2D eigenvalue weighted by Crippen LogP contribution is 2.28. The van der Waals surface area contributed by atoms with E-state index in [1.807, 2.05) is 47.9 Å². The molecule has 5 rings (SSSR count). The van der Waals surface area contributed by atoms with Crippen molar-refractivity contribution in [2.45, 2.75) is 19.3 Å². The molecule has 4 aromatic rings. The number of nitrogens with one attached hydrogen (secondary N) is 1. The van der Waals surface area contributed by atoms with Crippen molar-refractivity contribution in [1.29, 1.82) is 0 Å². The van der Waals surface area contributed by atoms with Gasteiger partial charge in [-0.2, -0.15) is 0 Å². The normalized spacial score (nSPS) is 16.0. The van der Waals surface area contributed by atoms with Gasteiger partial charge in [0.1, 0.15) is 11.5 Å². The van der Waals surface area contributed by atoms with Crippen molar-refractivity contribution >= 4 is 29.4 Å². The number of carbonyl (C=O) groups is 1. The van der Waals surface area contributed by atoms with Crippen LogP contribution in [0.1, 0.15) is 45.3 Å². The Morgan fingerprint density at radius 3 is 2.73 bits per heavy atom. The minimum atomic E-state index is -0.367. The smallest absolute Gasteiger partial charge is 0.255 e. The fourth-order valence-electron chi connectivity index (χ4n) is 4.01. The summed E-state index contributed by atoms with van der Waals surface area (Å²) in [5, 5.41) is 2.96. The molecule has 0 aliphatic carbocycles. The van der Waals surface area contributed by atoms with Gasteiger partial charge in [-0.15, -0.1) is 0 Å². The van der Waals surface area contributed by atoms with Gasteiger partial charge in [-0.3, -0.25) is 9.78 Å². The number of aryl methyl sites for hydroxylation is 1. The lowest BCUT2D eigenvalue weighted by Crippen LogP contribution is -2.12. The number of fused-ring (bicyclic) bond motifs is 1. The first kappa shape index (κ1) is 21.0. The number of anilines is 1. The molecule has 166 valence electrons. The molecule has 1 aliphatic rings. The zero-order chi connectivity index (χ0) is 22.8. The minimum Gasteiger partial charge on any atom is -0.381 e. The highest BCUT2D eigenvalue weighted by atomic mass is 19.1. The number of hydrogen-bond acceptors (Lipinski definition) is 4. The molecule has 1 fully saturated rings. The molecule has 1 amide bonds. The maximum absolute atomic E-state index is 13.0. The fourth-order valence-corrected chi connectivity index (χ4v) is 4.01. The zero-order valence-electron chi connectivity index (χ0n) is 18.2. The monoisotopic (exact) mass is 442 g/mol. The molecular formula is C26H23FN4O2. The summed E-state index contributed by atoms with van der Waals surface area (Å²) in [4.78, 5) is 21.5. The number of benzene rings is 1. The molecule has 4 heterocycles. The molecule has 1 saturated heterocycles. The van der Waals surface area contributed by atoms with E-state index in [1.165, 1.54) is 12.3 Å². The van der Waals surface area contributed by atoms with Crippen LogP contribution in [-0.2, 0) is 4.74 Å². The Bertz CT molecular complexity index is 1320. The van der Waals surface area contributed by atoms with Crippen molar-refractivity contribution in [1.82, 2.24) is 14.4 Å². The van der Waals surface area contributed by atoms with E-state index in [0.717, 1.165) is 35.6 Å². The Labute approximate surface area is 190 Å². The van der Waals surface area contributed by atoms with Crippen LogP contribution in [0.5, 0.6) is 0 Å². The van der Waals surface area contributed by atoms with E-state index in [9.17, 15) is 9.18 Å². The number of halogens is 1. The number of ether oxygens (including phenoxy) is 1. The third kappa shape index (κ3) is 4.54. The second kappa shape index (κ2) is 8.96. The maximum atomic E-state index is 13.0. The van der Waals surface area contributed by atoms with Crippen LogP contribution in [0.4, 0.5) is 10.1 Å². The Morgan fingerprint density at radius 1 is 1.15 bits per heavy atom. The Balaban J connectivity index is 1.28. The van der Waals surface area contributed by atoms with Crippen LogP contribution in [0.25, 0.3) is 17.8 Å². The van der Waals surface area contributed by atoms with Gasteiger partial charge in [-0.1, -0.05) is 18.2 Å². The molecule has 1 aliphatic heterocycles. The first-order valence-corrected chi connectivity index (χ1v) is 10.8. The molecule has 0 bridgehead atoms. The van der Waals surface area contributed by atoms with Crippen molar-refractivity contribution in [2.24, 2.45) is 0 Å². The van der Waals surface area contributed by atoms with Gasteiger partial charge in [-0.05, 0) is 61.4 Å². The van der Waals surface area contributed by atoms with E-state index < -0.39 is 0 Å². The molecule has 3 aromatic heterocycles. The topological polar surface area (TPSA) is 68.5 Å². The van der Waals surface area contributed by atoms with Crippen molar-refractivity contribution in [3.05, 3.63) is 95.0 Å². The van der Waals surface area contributed by atoms with Gasteiger partial charge in [0.25, 0.3) is 5.91 Å². The molecule has 1 atom stereocenters. The molecular weight excluding hydrogens is 419 g/mol. The predicted octanol–water partition coefficient (Wildman–Crippen LogP) is 5.10. The lowest BCUT2D eigenvalue weighted by atomic mass is 10.0. The summed E-state index contributed by atoms with van der Waals surface area (Å²) in [6, 6.07) is 14.0. The lowest BCUT2D eigenvalue weighted by molar-refractivity contribution is 0.102. The number of amides is 1. The van der Waals surface area contributed by atoms with Gasteiger partial charge in [0.05, 0.1) is 29.9 Å². The van der Waals surface area contributed by atoms with Gasteiger partial charge in [0.2, 0.25) is 0 Å². The lowest BCUT2D eigenvalue weighted by Gasteiger charge is -2.07. The first-order valence-electron chi connectivity index (χ1n) is 10.8. The number of imidazole rings is 1. The van der Waals surface area contributed by atoms with Crippen LogP contribution in [0.3, 0.4) is 0 Å². The van der Waals surface area contributed by atoms with Crippen LogP contribution >= 0.6 is 0 Å². The molecule has 1 N–H and O–H groups in total. The number of pyridine rings is 2. The van der Waals surface area contributed by atoms with E-state index in [-0.39, 0.29) is 11.7 Å². The van der Waals surface area contributed by atoms with Crippen molar-refractivity contribution in [2.75, 3.05) is 18.5 Å². The number of rotatable bonds is 5. The maximum Gasteiger partial charge on any atom is 0.255 e. The van der Waals surface area contributed by atoms with Crippen molar-refractivity contribution in [3.8, 4) is 0 Å². The summed E-state index contributed by atoms with van der Waals surface area (Å²) in [5.41, 5.74) is 5.83. The van der Waals surface area contributed by atoms with Crippen LogP contribution in [-0.4, -0.2) is 33.5 Å². The number of hydrogen-bond donors (Lipinski definition) is 1. The average molecular weight is 442 g/mol. The number of nitrogens with zero attached hydrogens (tertiary/aromatic N) is 3. The summed E-state index contributed by atoms with van der Waals surface area (Å²) < 4.78 is 20.5. The molecule has 1 unspecified atom stereocenters. The molecule has 1 aromatic carbocycles.